The molecule has 0 fully saturated rings. The first-order valence-electron chi connectivity index (χ1n) is 6.08. The lowest BCUT2D eigenvalue weighted by Crippen LogP contribution is -2.35. The van der Waals surface area contributed by atoms with Gasteiger partial charge in [-0.05, 0) is 26.0 Å². The molecular weight excluding hydrogens is 246 g/mol. The summed E-state index contributed by atoms with van der Waals surface area (Å²) in [5.74, 6) is -0.325. The summed E-state index contributed by atoms with van der Waals surface area (Å²) in [4.78, 5) is 15.7. The SMILES string of the molecule is CCOC(CNC(=O)c1ccc(C#N)cn1)OCC. The standard InChI is InChI=1S/C13H17N3O3/c1-3-18-12(19-4-2)9-16-13(17)11-6-5-10(7-14)8-15-11/h5-6,8,12H,3-4,9H2,1-2H3,(H,16,17). The summed E-state index contributed by atoms with van der Waals surface area (Å²) in [6.45, 7) is 4.99. The second kappa shape index (κ2) is 8.19. The predicted octanol–water partition coefficient (Wildman–Crippen LogP) is 1.08. The topological polar surface area (TPSA) is 84.2 Å². The largest absolute Gasteiger partial charge is 0.351 e. The number of rotatable bonds is 7. The van der Waals surface area contributed by atoms with Crippen LogP contribution in [0, 0.1) is 11.3 Å². The van der Waals surface area contributed by atoms with Crippen molar-refractivity contribution in [3.63, 3.8) is 0 Å². The van der Waals surface area contributed by atoms with E-state index in [1.165, 1.54) is 12.3 Å². The second-order valence-corrected chi connectivity index (χ2v) is 3.59. The zero-order valence-electron chi connectivity index (χ0n) is 11.0. The van der Waals surface area contributed by atoms with E-state index in [-0.39, 0.29) is 18.1 Å². The average Bonchev–Trinajstić information content (AvgIpc) is 2.45. The van der Waals surface area contributed by atoms with Gasteiger partial charge in [-0.3, -0.25) is 4.79 Å². The van der Waals surface area contributed by atoms with E-state index in [1.807, 2.05) is 19.9 Å². The maximum Gasteiger partial charge on any atom is 0.270 e. The van der Waals surface area contributed by atoms with Crippen LogP contribution in [-0.4, -0.2) is 36.9 Å². The third-order valence-corrected chi connectivity index (χ3v) is 2.26. The molecule has 0 unspecified atom stereocenters. The normalized spacial score (nSPS) is 10.2. The molecule has 1 aromatic rings. The Morgan fingerprint density at radius 1 is 1.42 bits per heavy atom. The minimum atomic E-state index is -0.461. The van der Waals surface area contributed by atoms with Gasteiger partial charge in [0.25, 0.3) is 5.91 Å². The van der Waals surface area contributed by atoms with E-state index in [9.17, 15) is 4.79 Å². The monoisotopic (exact) mass is 263 g/mol. The van der Waals surface area contributed by atoms with E-state index in [0.717, 1.165) is 0 Å². The zero-order chi connectivity index (χ0) is 14.1. The average molecular weight is 263 g/mol. The van der Waals surface area contributed by atoms with Crippen molar-refractivity contribution in [3.8, 4) is 6.07 Å². The highest BCUT2D eigenvalue weighted by Gasteiger charge is 2.12. The number of amides is 1. The number of ether oxygens (including phenoxy) is 2. The van der Waals surface area contributed by atoms with E-state index >= 15 is 0 Å². The maximum absolute atomic E-state index is 11.8. The van der Waals surface area contributed by atoms with Crippen LogP contribution in [0.15, 0.2) is 18.3 Å². The van der Waals surface area contributed by atoms with Gasteiger partial charge in [0.1, 0.15) is 11.8 Å². The molecule has 1 aromatic heterocycles. The van der Waals surface area contributed by atoms with Crippen LogP contribution in [0.25, 0.3) is 0 Å². The van der Waals surface area contributed by atoms with Crippen LogP contribution in [0.1, 0.15) is 29.9 Å². The predicted molar refractivity (Wildman–Crippen MR) is 68.3 cm³/mol. The molecule has 0 aliphatic heterocycles. The number of carbonyl (C=O) groups excluding carboxylic acids is 1. The van der Waals surface area contributed by atoms with E-state index in [0.29, 0.717) is 18.8 Å². The summed E-state index contributed by atoms with van der Waals surface area (Å²) >= 11 is 0. The van der Waals surface area contributed by atoms with Gasteiger partial charge >= 0.3 is 0 Å². The Kier molecular flexibility index (Phi) is 6.50. The fourth-order valence-corrected chi connectivity index (χ4v) is 1.40. The third-order valence-electron chi connectivity index (χ3n) is 2.26. The molecule has 0 atom stereocenters. The molecule has 0 aliphatic rings. The number of hydrogen-bond acceptors (Lipinski definition) is 5. The summed E-state index contributed by atoms with van der Waals surface area (Å²) in [5.41, 5.74) is 0.670. The van der Waals surface area contributed by atoms with Crippen molar-refractivity contribution in [1.82, 2.24) is 10.3 Å². The van der Waals surface area contributed by atoms with E-state index in [2.05, 4.69) is 10.3 Å². The molecule has 0 bridgehead atoms. The molecule has 0 spiro atoms. The van der Waals surface area contributed by atoms with Gasteiger partial charge in [-0.25, -0.2) is 4.98 Å². The minimum absolute atomic E-state index is 0.252. The van der Waals surface area contributed by atoms with E-state index < -0.39 is 6.29 Å². The lowest BCUT2D eigenvalue weighted by atomic mass is 10.2. The van der Waals surface area contributed by atoms with Gasteiger partial charge in [-0.15, -0.1) is 0 Å². The molecule has 6 heteroatoms. The molecule has 0 saturated carbocycles. The molecular formula is C13H17N3O3. The van der Waals surface area contributed by atoms with Gasteiger partial charge in [0.2, 0.25) is 0 Å². The number of carbonyl (C=O) groups is 1. The maximum atomic E-state index is 11.8. The molecule has 0 aliphatic carbocycles. The number of aromatic nitrogens is 1. The number of nitrogens with zero attached hydrogens (tertiary/aromatic N) is 2. The van der Waals surface area contributed by atoms with Crippen molar-refractivity contribution < 1.29 is 14.3 Å². The first kappa shape index (κ1) is 15.1. The molecule has 1 amide bonds. The third kappa shape index (κ3) is 5.04. The Labute approximate surface area is 112 Å². The molecule has 1 heterocycles. The molecule has 19 heavy (non-hydrogen) atoms. The van der Waals surface area contributed by atoms with Gasteiger partial charge in [0, 0.05) is 19.4 Å². The van der Waals surface area contributed by atoms with Gasteiger partial charge < -0.3 is 14.8 Å². The summed E-state index contributed by atoms with van der Waals surface area (Å²) in [6, 6.07) is 4.99. The van der Waals surface area contributed by atoms with Crippen LogP contribution in [0.2, 0.25) is 0 Å². The highest BCUT2D eigenvalue weighted by Crippen LogP contribution is 1.99. The fraction of sp³-hybridized carbons (Fsp3) is 0.462. The van der Waals surface area contributed by atoms with Crippen LogP contribution in [0.3, 0.4) is 0 Å². The summed E-state index contributed by atoms with van der Waals surface area (Å²) < 4.78 is 10.6. The van der Waals surface area contributed by atoms with Crippen LogP contribution >= 0.6 is 0 Å². The number of pyridine rings is 1. The Morgan fingerprint density at radius 2 is 2.11 bits per heavy atom. The lowest BCUT2D eigenvalue weighted by Gasteiger charge is -2.17. The first-order valence-corrected chi connectivity index (χ1v) is 6.08. The Morgan fingerprint density at radius 3 is 2.58 bits per heavy atom. The summed E-state index contributed by atoms with van der Waals surface area (Å²) in [7, 11) is 0. The van der Waals surface area contributed by atoms with Gasteiger partial charge in [-0.1, -0.05) is 0 Å². The zero-order valence-corrected chi connectivity index (χ0v) is 11.0. The Balaban J connectivity index is 2.51. The molecule has 1 rings (SSSR count). The number of nitrogens with one attached hydrogen (secondary N) is 1. The smallest absolute Gasteiger partial charge is 0.270 e. The fourth-order valence-electron chi connectivity index (χ4n) is 1.40. The van der Waals surface area contributed by atoms with Gasteiger partial charge in [0.15, 0.2) is 6.29 Å². The van der Waals surface area contributed by atoms with Crippen LogP contribution in [0.5, 0.6) is 0 Å². The number of nitriles is 1. The van der Waals surface area contributed by atoms with Crippen molar-refractivity contribution in [2.24, 2.45) is 0 Å². The van der Waals surface area contributed by atoms with Crippen LogP contribution < -0.4 is 5.32 Å². The number of hydrogen-bond donors (Lipinski definition) is 1. The van der Waals surface area contributed by atoms with Crippen molar-refractivity contribution >= 4 is 5.91 Å². The molecule has 0 aromatic carbocycles. The Hall–Kier alpha value is -1.97. The molecule has 1 N–H and O–H groups in total. The first-order chi connectivity index (χ1) is 9.21. The van der Waals surface area contributed by atoms with Crippen LogP contribution in [-0.2, 0) is 9.47 Å². The second-order valence-electron chi connectivity index (χ2n) is 3.59. The van der Waals surface area contributed by atoms with Crippen molar-refractivity contribution in [1.29, 1.82) is 5.26 Å². The highest BCUT2D eigenvalue weighted by molar-refractivity contribution is 5.92. The van der Waals surface area contributed by atoms with Crippen molar-refractivity contribution in [2.75, 3.05) is 19.8 Å². The van der Waals surface area contributed by atoms with Gasteiger partial charge in [0.05, 0.1) is 12.1 Å². The summed E-state index contributed by atoms with van der Waals surface area (Å²) in [5, 5.41) is 11.3. The van der Waals surface area contributed by atoms with Gasteiger partial charge in [-0.2, -0.15) is 5.26 Å². The molecule has 102 valence electrons. The minimum Gasteiger partial charge on any atom is -0.351 e. The molecule has 0 saturated heterocycles. The molecule has 6 nitrogen and oxygen atoms in total. The van der Waals surface area contributed by atoms with E-state index in [1.54, 1.807) is 6.07 Å². The quantitative estimate of drug-likeness (QED) is 0.744. The Bertz CT molecular complexity index is 433. The van der Waals surface area contributed by atoms with Crippen molar-refractivity contribution in [3.05, 3.63) is 29.6 Å². The van der Waals surface area contributed by atoms with E-state index in [4.69, 9.17) is 14.7 Å². The summed E-state index contributed by atoms with van der Waals surface area (Å²) in [6.07, 6.45) is 0.898. The van der Waals surface area contributed by atoms with Crippen molar-refractivity contribution in [2.45, 2.75) is 20.1 Å². The van der Waals surface area contributed by atoms with Crippen LogP contribution in [0.4, 0.5) is 0 Å². The lowest BCUT2D eigenvalue weighted by molar-refractivity contribution is -0.131. The molecule has 0 radical (unpaired) electrons. The highest BCUT2D eigenvalue weighted by atomic mass is 16.7.